The zero-order chi connectivity index (χ0) is 9.40. The van der Waals surface area contributed by atoms with E-state index in [0.717, 1.165) is 0 Å². The van der Waals surface area contributed by atoms with Crippen LogP contribution in [0.2, 0.25) is 0 Å². The quantitative estimate of drug-likeness (QED) is 0.392. The molecule has 3 nitrogen and oxygen atoms in total. The molecule has 0 aromatic carbocycles. The number of terminal acetylenes is 1. The summed E-state index contributed by atoms with van der Waals surface area (Å²) in [6, 6.07) is 0. The van der Waals surface area contributed by atoms with Gasteiger partial charge in [0.2, 0.25) is 0 Å². The van der Waals surface area contributed by atoms with E-state index >= 15 is 0 Å². The molecule has 0 amide bonds. The van der Waals surface area contributed by atoms with Crippen molar-refractivity contribution in [1.82, 2.24) is 0 Å². The molecule has 0 rings (SSSR count). The van der Waals surface area contributed by atoms with Crippen molar-refractivity contribution in [2.75, 3.05) is 6.61 Å². The first-order chi connectivity index (χ1) is 5.70. The lowest BCUT2D eigenvalue weighted by atomic mass is 10.0. The lowest BCUT2D eigenvalue weighted by molar-refractivity contribution is 0.233. The fourth-order valence-electron chi connectivity index (χ4n) is 0.782. The predicted octanol–water partition coefficient (Wildman–Crippen LogP) is 1.87. The molecule has 2 unspecified atom stereocenters. The van der Waals surface area contributed by atoms with Gasteiger partial charge in [-0.3, -0.25) is 0 Å². The third kappa shape index (κ3) is 6.06. The van der Waals surface area contributed by atoms with Crippen LogP contribution in [0.4, 0.5) is 0 Å². The molecule has 0 aliphatic heterocycles. The minimum atomic E-state index is -2.51. The Morgan fingerprint density at radius 3 is 2.92 bits per heavy atom. The van der Waals surface area contributed by atoms with Gasteiger partial charge < -0.3 is 0 Å². The second kappa shape index (κ2) is 7.00. The Hall–Kier alpha value is -0.680. The third-order valence-electron chi connectivity index (χ3n) is 1.33. The highest BCUT2D eigenvalue weighted by Crippen LogP contribution is 2.19. The Morgan fingerprint density at radius 1 is 1.83 bits per heavy atom. The molecule has 0 fully saturated rings. The van der Waals surface area contributed by atoms with Gasteiger partial charge >= 0.3 is 8.25 Å². The van der Waals surface area contributed by atoms with Gasteiger partial charge in [0.1, 0.15) is 6.61 Å². The second-order valence-electron chi connectivity index (χ2n) is 2.33. The summed E-state index contributed by atoms with van der Waals surface area (Å²) in [5.41, 5.74) is 0. The van der Waals surface area contributed by atoms with E-state index < -0.39 is 8.25 Å². The third-order valence-corrected chi connectivity index (χ3v) is 1.70. The van der Waals surface area contributed by atoms with E-state index in [-0.39, 0.29) is 12.5 Å². The van der Waals surface area contributed by atoms with Gasteiger partial charge in [-0.05, 0) is 6.42 Å². The summed E-state index contributed by atoms with van der Waals surface area (Å²) in [5, 5.41) is 0. The van der Waals surface area contributed by atoms with E-state index in [0.29, 0.717) is 12.8 Å². The van der Waals surface area contributed by atoms with Gasteiger partial charge in [0.25, 0.3) is 0 Å². The summed E-state index contributed by atoms with van der Waals surface area (Å²) in [7, 11) is -2.51. The van der Waals surface area contributed by atoms with Crippen LogP contribution in [-0.4, -0.2) is 11.5 Å². The molecular formula is C8H12O3P+. The summed E-state index contributed by atoms with van der Waals surface area (Å²) in [5.74, 6) is 2.57. The maximum absolute atomic E-state index is 10.2. The van der Waals surface area contributed by atoms with E-state index in [1.807, 2.05) is 0 Å². The molecule has 0 aromatic heterocycles. The van der Waals surface area contributed by atoms with E-state index in [1.165, 1.54) is 0 Å². The Bertz CT molecular complexity index is 195. The van der Waals surface area contributed by atoms with E-state index in [9.17, 15) is 4.57 Å². The van der Waals surface area contributed by atoms with E-state index in [4.69, 9.17) is 11.3 Å². The first-order valence-corrected chi connectivity index (χ1v) is 4.67. The van der Waals surface area contributed by atoms with Crippen LogP contribution >= 0.6 is 8.25 Å². The van der Waals surface area contributed by atoms with Gasteiger partial charge in [0.05, 0.1) is 0 Å². The Kier molecular flexibility index (Phi) is 6.60. The summed E-state index contributed by atoms with van der Waals surface area (Å²) < 4.78 is 14.7. The molecule has 0 heterocycles. The van der Waals surface area contributed by atoms with Gasteiger partial charge in [0.15, 0.2) is 0 Å². The summed E-state index contributed by atoms with van der Waals surface area (Å²) in [6.07, 6.45) is 8.05. The molecular weight excluding hydrogens is 175 g/mol. The SMILES string of the molecule is C#CCC(CC=C)CO[P+](=O)O. The molecule has 0 bridgehead atoms. The van der Waals surface area contributed by atoms with Crippen LogP contribution < -0.4 is 0 Å². The molecule has 0 saturated carbocycles. The molecule has 0 aliphatic rings. The van der Waals surface area contributed by atoms with Crippen LogP contribution in [0.5, 0.6) is 0 Å². The van der Waals surface area contributed by atoms with Crippen molar-refractivity contribution in [2.24, 2.45) is 5.92 Å². The fraction of sp³-hybridized carbons (Fsp3) is 0.500. The highest BCUT2D eigenvalue weighted by atomic mass is 31.1. The van der Waals surface area contributed by atoms with E-state index in [1.54, 1.807) is 6.08 Å². The summed E-state index contributed by atoms with van der Waals surface area (Å²) in [4.78, 5) is 8.35. The Balaban J connectivity index is 3.71. The van der Waals surface area contributed by atoms with E-state index in [2.05, 4.69) is 17.0 Å². The lowest BCUT2D eigenvalue weighted by Crippen LogP contribution is -2.05. The van der Waals surface area contributed by atoms with Crippen molar-refractivity contribution in [3.05, 3.63) is 12.7 Å². The van der Waals surface area contributed by atoms with Crippen LogP contribution in [-0.2, 0) is 9.09 Å². The minimum Gasteiger partial charge on any atom is -0.133 e. The van der Waals surface area contributed by atoms with Crippen LogP contribution in [0.15, 0.2) is 12.7 Å². The van der Waals surface area contributed by atoms with Crippen LogP contribution in [0, 0.1) is 18.3 Å². The summed E-state index contributed by atoms with van der Waals surface area (Å²) >= 11 is 0. The first kappa shape index (κ1) is 11.3. The second-order valence-corrected chi connectivity index (χ2v) is 3.07. The molecule has 12 heavy (non-hydrogen) atoms. The Morgan fingerprint density at radius 2 is 2.50 bits per heavy atom. The lowest BCUT2D eigenvalue weighted by Gasteiger charge is -2.05. The number of hydrogen-bond donors (Lipinski definition) is 1. The molecule has 1 N–H and O–H groups in total. The van der Waals surface area contributed by atoms with Crippen LogP contribution in [0.1, 0.15) is 12.8 Å². The topological polar surface area (TPSA) is 46.5 Å². The highest BCUT2D eigenvalue weighted by molar-refractivity contribution is 7.32. The highest BCUT2D eigenvalue weighted by Gasteiger charge is 2.16. The van der Waals surface area contributed by atoms with Crippen molar-refractivity contribution in [3.8, 4) is 12.3 Å². The monoisotopic (exact) mass is 187 g/mol. The number of allylic oxidation sites excluding steroid dienone is 1. The molecule has 0 radical (unpaired) electrons. The van der Waals surface area contributed by atoms with Gasteiger partial charge in [0, 0.05) is 16.9 Å². The smallest absolute Gasteiger partial charge is 0.133 e. The zero-order valence-corrected chi connectivity index (χ0v) is 7.67. The average Bonchev–Trinajstić information content (AvgIpc) is 2.01. The molecule has 0 spiro atoms. The molecule has 0 saturated heterocycles. The van der Waals surface area contributed by atoms with Crippen molar-refractivity contribution in [2.45, 2.75) is 12.8 Å². The van der Waals surface area contributed by atoms with Crippen molar-refractivity contribution >= 4 is 8.25 Å². The van der Waals surface area contributed by atoms with Crippen LogP contribution in [0.25, 0.3) is 0 Å². The molecule has 0 aliphatic carbocycles. The molecule has 0 aromatic rings. The van der Waals surface area contributed by atoms with Crippen LogP contribution in [0.3, 0.4) is 0 Å². The van der Waals surface area contributed by atoms with Crippen molar-refractivity contribution in [1.29, 1.82) is 0 Å². The standard InChI is InChI=1S/C8H11O3P/c1-3-5-8(6-4-2)7-11-12(9)10/h1,4,8H,2,5-7H2/p+1. The maximum atomic E-state index is 10.2. The predicted molar refractivity (Wildman–Crippen MR) is 47.5 cm³/mol. The normalized spacial score (nSPS) is 13.2. The largest absolute Gasteiger partial charge is 0.694 e. The molecule has 2 atom stereocenters. The molecule has 66 valence electrons. The van der Waals surface area contributed by atoms with Gasteiger partial charge in [-0.15, -0.1) is 28.3 Å². The van der Waals surface area contributed by atoms with Crippen molar-refractivity contribution in [3.63, 3.8) is 0 Å². The average molecular weight is 187 g/mol. The summed E-state index contributed by atoms with van der Waals surface area (Å²) in [6.45, 7) is 3.76. The number of rotatable bonds is 6. The minimum absolute atomic E-state index is 0.0959. The zero-order valence-electron chi connectivity index (χ0n) is 6.77. The Labute approximate surface area is 73.4 Å². The van der Waals surface area contributed by atoms with Gasteiger partial charge in [-0.25, -0.2) is 0 Å². The maximum Gasteiger partial charge on any atom is 0.694 e. The number of hydrogen-bond acceptors (Lipinski definition) is 2. The van der Waals surface area contributed by atoms with Crippen molar-refractivity contribution < 1.29 is 14.0 Å². The fourth-order valence-corrected chi connectivity index (χ4v) is 1.12. The van der Waals surface area contributed by atoms with Gasteiger partial charge in [-0.2, -0.15) is 0 Å². The van der Waals surface area contributed by atoms with Gasteiger partial charge in [-0.1, -0.05) is 6.08 Å². The molecule has 4 heteroatoms. The first-order valence-electron chi connectivity index (χ1n) is 3.54.